The summed E-state index contributed by atoms with van der Waals surface area (Å²) >= 11 is 0. The fourth-order valence-electron chi connectivity index (χ4n) is 2.17. The topological polar surface area (TPSA) is 29.1 Å². The number of nitrogens with one attached hydrogen (secondary N) is 1. The normalized spacial score (nSPS) is 10.2. The third-order valence-electron chi connectivity index (χ3n) is 2.99. The number of hydrogen-bond donors (Lipinski definition) is 1. The van der Waals surface area contributed by atoms with Gasteiger partial charge in [0.25, 0.3) is 0 Å². The van der Waals surface area contributed by atoms with Crippen molar-refractivity contribution in [3.8, 4) is 0 Å². The number of aryl methyl sites for hydroxylation is 3. The lowest BCUT2D eigenvalue weighted by Gasteiger charge is -2.14. The molecule has 0 aliphatic carbocycles. The molecule has 0 unspecified atom stereocenters. The summed E-state index contributed by atoms with van der Waals surface area (Å²) in [5, 5.41) is 3.40. The largest absolute Gasteiger partial charge is 0.355 e. The van der Waals surface area contributed by atoms with Crippen LogP contribution in [0.15, 0.2) is 36.4 Å². The van der Waals surface area contributed by atoms with Crippen molar-refractivity contribution in [3.05, 3.63) is 58.7 Å². The molecule has 2 aromatic rings. The molecule has 0 saturated heterocycles. The molecule has 0 aliphatic rings. The summed E-state index contributed by atoms with van der Waals surface area (Å²) in [6.45, 7) is 6.30. The lowest BCUT2D eigenvalue weighted by molar-refractivity contribution is 0.112. The Morgan fingerprint density at radius 2 is 1.50 bits per heavy atom. The van der Waals surface area contributed by atoms with E-state index in [0.717, 1.165) is 17.7 Å². The van der Waals surface area contributed by atoms with E-state index in [1.165, 1.54) is 16.7 Å². The van der Waals surface area contributed by atoms with Crippen molar-refractivity contribution in [2.24, 2.45) is 0 Å². The van der Waals surface area contributed by atoms with E-state index in [1.54, 1.807) is 0 Å². The molecule has 0 amide bonds. The first kappa shape index (κ1) is 12.4. The molecule has 0 radical (unpaired) electrons. The van der Waals surface area contributed by atoms with E-state index < -0.39 is 0 Å². The molecule has 0 saturated carbocycles. The molecule has 0 bridgehead atoms. The van der Waals surface area contributed by atoms with Crippen LogP contribution < -0.4 is 5.32 Å². The zero-order valence-electron chi connectivity index (χ0n) is 10.9. The van der Waals surface area contributed by atoms with Crippen LogP contribution >= 0.6 is 0 Å². The van der Waals surface area contributed by atoms with E-state index in [4.69, 9.17) is 0 Å². The van der Waals surface area contributed by atoms with Crippen LogP contribution in [0.4, 0.5) is 11.4 Å². The number of rotatable bonds is 3. The minimum absolute atomic E-state index is 0.693. The molecule has 0 fully saturated rings. The Labute approximate surface area is 108 Å². The fraction of sp³-hybridized carbons (Fsp3) is 0.188. The molecule has 2 nitrogen and oxygen atoms in total. The van der Waals surface area contributed by atoms with E-state index >= 15 is 0 Å². The van der Waals surface area contributed by atoms with Gasteiger partial charge in [0, 0.05) is 16.9 Å². The average molecular weight is 239 g/mol. The van der Waals surface area contributed by atoms with Gasteiger partial charge < -0.3 is 5.32 Å². The molecule has 2 aromatic carbocycles. The van der Waals surface area contributed by atoms with Gasteiger partial charge in [-0.05, 0) is 56.2 Å². The summed E-state index contributed by atoms with van der Waals surface area (Å²) in [5.41, 5.74) is 6.55. The first-order valence-electron chi connectivity index (χ1n) is 6.00. The number of carbonyl (C=O) groups excluding carboxylic acids is 1. The van der Waals surface area contributed by atoms with Crippen molar-refractivity contribution in [1.29, 1.82) is 0 Å². The van der Waals surface area contributed by atoms with Crippen molar-refractivity contribution in [3.63, 3.8) is 0 Å². The predicted molar refractivity (Wildman–Crippen MR) is 75.8 cm³/mol. The van der Waals surface area contributed by atoms with Crippen LogP contribution in [0.25, 0.3) is 0 Å². The Morgan fingerprint density at radius 3 is 2.00 bits per heavy atom. The Hall–Kier alpha value is -2.09. The predicted octanol–water partition coefficient (Wildman–Crippen LogP) is 4.17. The summed E-state index contributed by atoms with van der Waals surface area (Å²) in [6.07, 6.45) is 0.853. The van der Waals surface area contributed by atoms with Crippen LogP contribution in [0.5, 0.6) is 0 Å². The number of anilines is 2. The molecular weight excluding hydrogens is 222 g/mol. The Bertz CT molecular complexity index is 547. The SMILES string of the molecule is Cc1cc(C)c(Nc2ccc(C=O)cc2)c(C)c1. The molecule has 18 heavy (non-hydrogen) atoms. The average Bonchev–Trinajstić information content (AvgIpc) is 2.34. The summed E-state index contributed by atoms with van der Waals surface area (Å²) in [6, 6.07) is 11.8. The monoisotopic (exact) mass is 239 g/mol. The molecular formula is C16H17NO. The molecule has 1 N–H and O–H groups in total. The zero-order chi connectivity index (χ0) is 13.1. The highest BCUT2D eigenvalue weighted by Crippen LogP contribution is 2.25. The Balaban J connectivity index is 2.30. The Kier molecular flexibility index (Phi) is 3.47. The van der Waals surface area contributed by atoms with Crippen LogP contribution in [0.1, 0.15) is 27.0 Å². The molecule has 0 atom stereocenters. The van der Waals surface area contributed by atoms with Crippen molar-refractivity contribution in [2.75, 3.05) is 5.32 Å². The van der Waals surface area contributed by atoms with Crippen LogP contribution in [0, 0.1) is 20.8 Å². The second kappa shape index (κ2) is 5.05. The highest BCUT2D eigenvalue weighted by atomic mass is 16.1. The number of aldehydes is 1. The van der Waals surface area contributed by atoms with Gasteiger partial charge in [0.15, 0.2) is 0 Å². The summed E-state index contributed by atoms with van der Waals surface area (Å²) in [7, 11) is 0. The minimum Gasteiger partial charge on any atom is -0.355 e. The third kappa shape index (κ3) is 2.59. The summed E-state index contributed by atoms with van der Waals surface area (Å²) in [4.78, 5) is 10.6. The van der Waals surface area contributed by atoms with Crippen molar-refractivity contribution >= 4 is 17.7 Å². The number of carbonyl (C=O) groups is 1. The van der Waals surface area contributed by atoms with Gasteiger partial charge in [-0.25, -0.2) is 0 Å². The van der Waals surface area contributed by atoms with Crippen molar-refractivity contribution < 1.29 is 4.79 Å². The summed E-state index contributed by atoms with van der Waals surface area (Å²) in [5.74, 6) is 0. The summed E-state index contributed by atoms with van der Waals surface area (Å²) < 4.78 is 0. The smallest absolute Gasteiger partial charge is 0.150 e. The number of hydrogen-bond acceptors (Lipinski definition) is 2. The second-order valence-electron chi connectivity index (χ2n) is 4.64. The number of benzene rings is 2. The lowest BCUT2D eigenvalue weighted by Crippen LogP contribution is -1.97. The fourth-order valence-corrected chi connectivity index (χ4v) is 2.17. The lowest BCUT2D eigenvalue weighted by atomic mass is 10.0. The first-order valence-corrected chi connectivity index (χ1v) is 6.00. The highest BCUT2D eigenvalue weighted by molar-refractivity contribution is 5.76. The standard InChI is InChI=1S/C16H17NO/c1-11-8-12(2)16(13(3)9-11)17-15-6-4-14(10-18)5-7-15/h4-10,17H,1-3H3. The molecule has 0 aliphatic heterocycles. The Morgan fingerprint density at radius 1 is 0.944 bits per heavy atom. The molecule has 0 aromatic heterocycles. The van der Waals surface area contributed by atoms with E-state index in [0.29, 0.717) is 5.56 Å². The van der Waals surface area contributed by atoms with E-state index in [9.17, 15) is 4.79 Å². The van der Waals surface area contributed by atoms with Crippen LogP contribution in [0.2, 0.25) is 0 Å². The van der Waals surface area contributed by atoms with Gasteiger partial charge in [-0.3, -0.25) is 4.79 Å². The van der Waals surface area contributed by atoms with Gasteiger partial charge in [0.1, 0.15) is 6.29 Å². The van der Waals surface area contributed by atoms with Gasteiger partial charge in [-0.2, -0.15) is 0 Å². The van der Waals surface area contributed by atoms with Gasteiger partial charge in [0.2, 0.25) is 0 Å². The van der Waals surface area contributed by atoms with Gasteiger partial charge in [0.05, 0.1) is 0 Å². The van der Waals surface area contributed by atoms with Gasteiger partial charge in [-0.15, -0.1) is 0 Å². The first-order chi connectivity index (χ1) is 8.60. The molecule has 0 spiro atoms. The van der Waals surface area contributed by atoms with Crippen LogP contribution in [-0.4, -0.2) is 6.29 Å². The van der Waals surface area contributed by atoms with Gasteiger partial charge >= 0.3 is 0 Å². The third-order valence-corrected chi connectivity index (χ3v) is 2.99. The second-order valence-corrected chi connectivity index (χ2v) is 4.64. The minimum atomic E-state index is 0.693. The van der Waals surface area contributed by atoms with Crippen molar-refractivity contribution in [1.82, 2.24) is 0 Å². The molecule has 2 heteroatoms. The van der Waals surface area contributed by atoms with E-state index in [2.05, 4.69) is 38.2 Å². The molecule has 92 valence electrons. The maximum atomic E-state index is 10.6. The van der Waals surface area contributed by atoms with Crippen LogP contribution in [-0.2, 0) is 0 Å². The molecule has 0 heterocycles. The quantitative estimate of drug-likeness (QED) is 0.814. The zero-order valence-corrected chi connectivity index (χ0v) is 10.9. The van der Waals surface area contributed by atoms with E-state index in [-0.39, 0.29) is 0 Å². The van der Waals surface area contributed by atoms with Gasteiger partial charge in [-0.1, -0.05) is 17.7 Å². The van der Waals surface area contributed by atoms with E-state index in [1.807, 2.05) is 24.3 Å². The van der Waals surface area contributed by atoms with Crippen molar-refractivity contribution in [2.45, 2.75) is 20.8 Å². The van der Waals surface area contributed by atoms with Crippen LogP contribution in [0.3, 0.4) is 0 Å². The molecule has 2 rings (SSSR count). The highest BCUT2D eigenvalue weighted by Gasteiger charge is 2.04. The maximum Gasteiger partial charge on any atom is 0.150 e. The maximum absolute atomic E-state index is 10.6.